The normalized spacial score (nSPS) is 10.4. The van der Waals surface area contributed by atoms with Crippen LogP contribution >= 0.6 is 0 Å². The quantitative estimate of drug-likeness (QED) is 0.569. The average Bonchev–Trinajstić information content (AvgIpc) is 2.28. The van der Waals surface area contributed by atoms with Crippen molar-refractivity contribution < 1.29 is 4.74 Å². The molecular formula is C13H22N2O. The minimum atomic E-state index is 0.808. The minimum absolute atomic E-state index is 0.808. The van der Waals surface area contributed by atoms with Gasteiger partial charge in [-0.1, -0.05) is 13.0 Å². The molecule has 90 valence electrons. The number of anilines is 2. The molecular weight excluding hydrogens is 200 g/mol. The third kappa shape index (κ3) is 4.11. The molecule has 0 atom stereocenters. The lowest BCUT2D eigenvalue weighted by Gasteiger charge is -2.24. The van der Waals surface area contributed by atoms with Gasteiger partial charge in [0.2, 0.25) is 0 Å². The first-order chi connectivity index (χ1) is 7.77. The van der Waals surface area contributed by atoms with Crippen LogP contribution in [0.2, 0.25) is 0 Å². The maximum atomic E-state index is 5.80. The van der Waals surface area contributed by atoms with E-state index in [4.69, 9.17) is 10.5 Å². The number of nitrogens with two attached hydrogens (primary N) is 1. The molecule has 16 heavy (non-hydrogen) atoms. The Balaban J connectivity index is 2.61. The molecule has 0 aliphatic rings. The van der Waals surface area contributed by atoms with Gasteiger partial charge >= 0.3 is 0 Å². The Morgan fingerprint density at radius 1 is 1.31 bits per heavy atom. The molecule has 1 aromatic rings. The van der Waals surface area contributed by atoms with Crippen molar-refractivity contribution in [3.05, 3.63) is 24.3 Å². The van der Waals surface area contributed by atoms with Crippen LogP contribution < -0.4 is 10.6 Å². The molecule has 0 radical (unpaired) electrons. The molecule has 0 spiro atoms. The molecule has 2 N–H and O–H groups in total. The van der Waals surface area contributed by atoms with Crippen molar-refractivity contribution in [2.75, 3.05) is 37.4 Å². The predicted molar refractivity (Wildman–Crippen MR) is 69.9 cm³/mol. The Morgan fingerprint density at radius 3 is 2.75 bits per heavy atom. The summed E-state index contributed by atoms with van der Waals surface area (Å²) in [6, 6.07) is 8.06. The van der Waals surface area contributed by atoms with Crippen LogP contribution in [0.3, 0.4) is 0 Å². The summed E-state index contributed by atoms with van der Waals surface area (Å²) in [4.78, 5) is 2.36. The van der Waals surface area contributed by atoms with E-state index in [1.807, 2.05) is 18.2 Å². The number of benzene rings is 1. The molecule has 0 aliphatic heterocycles. The van der Waals surface area contributed by atoms with E-state index < -0.39 is 0 Å². The zero-order chi connectivity index (χ0) is 11.8. The zero-order valence-electron chi connectivity index (χ0n) is 10.3. The molecule has 0 saturated carbocycles. The molecule has 0 saturated heterocycles. The van der Waals surface area contributed by atoms with E-state index >= 15 is 0 Å². The van der Waals surface area contributed by atoms with Crippen LogP contribution in [0.25, 0.3) is 0 Å². The third-order valence-corrected chi connectivity index (χ3v) is 2.51. The molecule has 0 amide bonds. The van der Waals surface area contributed by atoms with E-state index in [1.54, 1.807) is 7.11 Å². The van der Waals surface area contributed by atoms with Gasteiger partial charge in [-0.3, -0.25) is 0 Å². The second-order valence-electron chi connectivity index (χ2n) is 3.93. The summed E-state index contributed by atoms with van der Waals surface area (Å²) in [5.41, 5.74) is 7.83. The summed E-state index contributed by atoms with van der Waals surface area (Å²) < 4.78 is 5.08. The monoisotopic (exact) mass is 222 g/mol. The SMILES string of the molecule is CCCN(CCCOC)c1cccc(N)c1. The third-order valence-electron chi connectivity index (χ3n) is 2.51. The van der Waals surface area contributed by atoms with Gasteiger partial charge in [-0.05, 0) is 31.0 Å². The Morgan fingerprint density at radius 2 is 2.12 bits per heavy atom. The number of nitrogens with zero attached hydrogens (tertiary/aromatic N) is 1. The Kier molecular flexibility index (Phi) is 5.72. The van der Waals surface area contributed by atoms with Gasteiger partial charge in [0, 0.05) is 38.2 Å². The zero-order valence-corrected chi connectivity index (χ0v) is 10.3. The van der Waals surface area contributed by atoms with E-state index in [9.17, 15) is 0 Å². The topological polar surface area (TPSA) is 38.5 Å². The predicted octanol–water partition coefficient (Wildman–Crippen LogP) is 2.52. The first kappa shape index (κ1) is 12.8. The van der Waals surface area contributed by atoms with Crippen LogP contribution in [0.5, 0.6) is 0 Å². The summed E-state index contributed by atoms with van der Waals surface area (Å²) in [5, 5.41) is 0. The number of rotatable bonds is 7. The molecule has 1 rings (SSSR count). The van der Waals surface area contributed by atoms with Crippen LogP contribution in [-0.4, -0.2) is 26.8 Å². The minimum Gasteiger partial charge on any atom is -0.399 e. The molecule has 0 heterocycles. The van der Waals surface area contributed by atoms with Crippen molar-refractivity contribution in [1.29, 1.82) is 0 Å². The second-order valence-corrected chi connectivity index (χ2v) is 3.93. The van der Waals surface area contributed by atoms with E-state index in [0.29, 0.717) is 0 Å². The van der Waals surface area contributed by atoms with Crippen molar-refractivity contribution >= 4 is 11.4 Å². The lowest BCUT2D eigenvalue weighted by atomic mass is 10.2. The number of methoxy groups -OCH3 is 1. The van der Waals surface area contributed by atoms with Gasteiger partial charge in [0.05, 0.1) is 0 Å². The molecule has 0 aliphatic carbocycles. The molecule has 0 bridgehead atoms. The fourth-order valence-electron chi connectivity index (χ4n) is 1.76. The summed E-state index contributed by atoms with van der Waals surface area (Å²) in [5.74, 6) is 0. The smallest absolute Gasteiger partial charge is 0.0479 e. The van der Waals surface area contributed by atoms with E-state index in [1.165, 1.54) is 5.69 Å². The molecule has 3 nitrogen and oxygen atoms in total. The van der Waals surface area contributed by atoms with Crippen molar-refractivity contribution in [1.82, 2.24) is 0 Å². The number of hydrogen-bond acceptors (Lipinski definition) is 3. The first-order valence-electron chi connectivity index (χ1n) is 5.87. The molecule has 1 aromatic carbocycles. The van der Waals surface area contributed by atoms with Gasteiger partial charge in [-0.2, -0.15) is 0 Å². The maximum Gasteiger partial charge on any atom is 0.0479 e. The van der Waals surface area contributed by atoms with Crippen LogP contribution in [0.4, 0.5) is 11.4 Å². The summed E-state index contributed by atoms with van der Waals surface area (Å²) >= 11 is 0. The van der Waals surface area contributed by atoms with Gasteiger partial charge < -0.3 is 15.4 Å². The van der Waals surface area contributed by atoms with Crippen LogP contribution in [0, 0.1) is 0 Å². The highest BCUT2D eigenvalue weighted by atomic mass is 16.5. The summed E-state index contributed by atoms with van der Waals surface area (Å²) in [6.07, 6.45) is 2.19. The fraction of sp³-hybridized carbons (Fsp3) is 0.538. The van der Waals surface area contributed by atoms with Crippen molar-refractivity contribution in [2.24, 2.45) is 0 Å². The van der Waals surface area contributed by atoms with E-state index in [2.05, 4.69) is 17.9 Å². The fourth-order valence-corrected chi connectivity index (χ4v) is 1.76. The van der Waals surface area contributed by atoms with Gasteiger partial charge in [0.25, 0.3) is 0 Å². The average molecular weight is 222 g/mol. The first-order valence-corrected chi connectivity index (χ1v) is 5.87. The number of hydrogen-bond donors (Lipinski definition) is 1. The second kappa shape index (κ2) is 7.12. The summed E-state index contributed by atoms with van der Waals surface area (Å²) in [6.45, 7) is 5.08. The molecule has 0 aromatic heterocycles. The standard InChI is InChI=1S/C13H22N2O/c1-3-8-15(9-5-10-16-2)13-7-4-6-12(14)11-13/h4,6-7,11H,3,5,8-10,14H2,1-2H3. The molecule has 0 fully saturated rings. The Hall–Kier alpha value is -1.22. The van der Waals surface area contributed by atoms with E-state index in [-0.39, 0.29) is 0 Å². The Bertz CT molecular complexity index is 302. The number of nitrogen functional groups attached to an aromatic ring is 1. The van der Waals surface area contributed by atoms with Crippen LogP contribution in [0.15, 0.2) is 24.3 Å². The van der Waals surface area contributed by atoms with Crippen molar-refractivity contribution in [3.8, 4) is 0 Å². The molecule has 0 unspecified atom stereocenters. The largest absolute Gasteiger partial charge is 0.399 e. The lowest BCUT2D eigenvalue weighted by Crippen LogP contribution is -2.26. The summed E-state index contributed by atoms with van der Waals surface area (Å²) in [7, 11) is 1.74. The highest BCUT2D eigenvalue weighted by Crippen LogP contribution is 2.18. The number of ether oxygens (including phenoxy) is 1. The highest BCUT2D eigenvalue weighted by Gasteiger charge is 2.04. The van der Waals surface area contributed by atoms with Gasteiger partial charge in [0.1, 0.15) is 0 Å². The van der Waals surface area contributed by atoms with Gasteiger partial charge in [-0.25, -0.2) is 0 Å². The van der Waals surface area contributed by atoms with Gasteiger partial charge in [-0.15, -0.1) is 0 Å². The highest BCUT2D eigenvalue weighted by molar-refractivity contribution is 5.55. The van der Waals surface area contributed by atoms with Crippen LogP contribution in [0.1, 0.15) is 19.8 Å². The lowest BCUT2D eigenvalue weighted by molar-refractivity contribution is 0.196. The maximum absolute atomic E-state index is 5.80. The van der Waals surface area contributed by atoms with Crippen LogP contribution in [-0.2, 0) is 4.74 Å². The van der Waals surface area contributed by atoms with E-state index in [0.717, 1.165) is 38.2 Å². The van der Waals surface area contributed by atoms with Crippen molar-refractivity contribution in [3.63, 3.8) is 0 Å². The Labute approximate surface area is 98.2 Å². The van der Waals surface area contributed by atoms with Crippen molar-refractivity contribution in [2.45, 2.75) is 19.8 Å². The van der Waals surface area contributed by atoms with Gasteiger partial charge in [0.15, 0.2) is 0 Å². The molecule has 3 heteroatoms.